The molecule has 3 nitrogen and oxygen atoms in total. The molecule has 0 bridgehead atoms. The summed E-state index contributed by atoms with van der Waals surface area (Å²) in [6.07, 6.45) is 3.42. The summed E-state index contributed by atoms with van der Waals surface area (Å²) in [7, 11) is 0. The van der Waals surface area contributed by atoms with Gasteiger partial charge in [0.25, 0.3) is 0 Å². The molecule has 2 fully saturated rings. The van der Waals surface area contributed by atoms with Gasteiger partial charge in [-0.15, -0.1) is 0 Å². The summed E-state index contributed by atoms with van der Waals surface area (Å²) < 4.78 is 0. The third kappa shape index (κ3) is 3.32. The Bertz CT molecular complexity index is 300. The zero-order chi connectivity index (χ0) is 14.3. The Labute approximate surface area is 119 Å². The molecule has 0 aromatic carbocycles. The standard InChI is InChI=1S/C16H32N2O/c1-15(2,3)18-11-9-17(10-12-18)13-7-6-8-16(4,5)14(13)19/h13-14,19H,6-12H2,1-5H3. The summed E-state index contributed by atoms with van der Waals surface area (Å²) in [5, 5.41) is 10.6. The Morgan fingerprint density at radius 3 is 2.16 bits per heavy atom. The monoisotopic (exact) mass is 268 g/mol. The zero-order valence-corrected chi connectivity index (χ0v) is 13.4. The van der Waals surface area contributed by atoms with Crippen LogP contribution in [0, 0.1) is 5.41 Å². The van der Waals surface area contributed by atoms with E-state index in [1.54, 1.807) is 0 Å². The van der Waals surface area contributed by atoms with Crippen molar-refractivity contribution < 1.29 is 5.11 Å². The highest BCUT2D eigenvalue weighted by atomic mass is 16.3. The predicted octanol–water partition coefficient (Wildman–Crippen LogP) is 2.34. The zero-order valence-electron chi connectivity index (χ0n) is 13.4. The molecule has 0 spiro atoms. The SMILES string of the molecule is CC1(C)CCCC(N2CCN(C(C)(C)C)CC2)C1O. The van der Waals surface area contributed by atoms with Crippen molar-refractivity contribution in [1.29, 1.82) is 0 Å². The fourth-order valence-corrected chi connectivity index (χ4v) is 3.70. The minimum atomic E-state index is -0.164. The van der Waals surface area contributed by atoms with Crippen molar-refractivity contribution in [2.24, 2.45) is 5.41 Å². The lowest BCUT2D eigenvalue weighted by molar-refractivity contribution is -0.0733. The molecule has 1 heterocycles. The molecule has 0 amide bonds. The molecule has 2 aliphatic rings. The first-order chi connectivity index (χ1) is 8.72. The van der Waals surface area contributed by atoms with Crippen molar-refractivity contribution >= 4 is 0 Å². The van der Waals surface area contributed by atoms with Gasteiger partial charge < -0.3 is 5.11 Å². The van der Waals surface area contributed by atoms with Crippen LogP contribution < -0.4 is 0 Å². The lowest BCUT2D eigenvalue weighted by Gasteiger charge is -2.49. The molecule has 0 radical (unpaired) electrons. The topological polar surface area (TPSA) is 26.7 Å². The summed E-state index contributed by atoms with van der Waals surface area (Å²) >= 11 is 0. The average molecular weight is 268 g/mol. The van der Waals surface area contributed by atoms with Gasteiger partial charge in [-0.1, -0.05) is 20.3 Å². The van der Waals surface area contributed by atoms with E-state index in [2.05, 4.69) is 44.4 Å². The van der Waals surface area contributed by atoms with Crippen LogP contribution in [0.25, 0.3) is 0 Å². The lowest BCUT2D eigenvalue weighted by atomic mass is 9.72. The number of aliphatic hydroxyl groups excluding tert-OH is 1. The molecular weight excluding hydrogens is 236 g/mol. The van der Waals surface area contributed by atoms with Crippen LogP contribution >= 0.6 is 0 Å². The Balaban J connectivity index is 1.94. The van der Waals surface area contributed by atoms with Crippen LogP contribution in [0.15, 0.2) is 0 Å². The second-order valence-corrected chi connectivity index (χ2v) is 8.09. The molecule has 19 heavy (non-hydrogen) atoms. The molecule has 0 aromatic heterocycles. The second-order valence-electron chi connectivity index (χ2n) is 8.09. The van der Waals surface area contributed by atoms with Crippen LogP contribution in [-0.4, -0.2) is 58.8 Å². The van der Waals surface area contributed by atoms with E-state index in [0.29, 0.717) is 6.04 Å². The molecule has 1 aliphatic carbocycles. The van der Waals surface area contributed by atoms with Gasteiger partial charge in [0.05, 0.1) is 6.10 Å². The third-order valence-electron chi connectivity index (χ3n) is 5.22. The summed E-state index contributed by atoms with van der Waals surface area (Å²) in [6, 6.07) is 0.380. The van der Waals surface area contributed by atoms with Crippen LogP contribution in [0.1, 0.15) is 53.9 Å². The van der Waals surface area contributed by atoms with Crippen LogP contribution in [0.3, 0.4) is 0 Å². The van der Waals surface area contributed by atoms with Crippen LogP contribution in [0.2, 0.25) is 0 Å². The number of hydrogen-bond acceptors (Lipinski definition) is 3. The van der Waals surface area contributed by atoms with Gasteiger partial charge in [-0.3, -0.25) is 9.80 Å². The number of nitrogens with zero attached hydrogens (tertiary/aromatic N) is 2. The summed E-state index contributed by atoms with van der Waals surface area (Å²) in [6.45, 7) is 15.8. The molecule has 0 aromatic rings. The predicted molar refractivity (Wildman–Crippen MR) is 80.3 cm³/mol. The van der Waals surface area contributed by atoms with E-state index in [0.717, 1.165) is 32.6 Å². The smallest absolute Gasteiger partial charge is 0.0746 e. The van der Waals surface area contributed by atoms with E-state index < -0.39 is 0 Å². The average Bonchev–Trinajstić information content (AvgIpc) is 2.32. The van der Waals surface area contributed by atoms with Gasteiger partial charge in [0.15, 0.2) is 0 Å². The van der Waals surface area contributed by atoms with E-state index in [9.17, 15) is 5.11 Å². The summed E-state index contributed by atoms with van der Waals surface area (Å²) in [5.74, 6) is 0. The first-order valence-electron chi connectivity index (χ1n) is 7.89. The third-order valence-corrected chi connectivity index (χ3v) is 5.22. The normalized spacial score (nSPS) is 34.4. The molecule has 1 aliphatic heterocycles. The molecule has 3 heteroatoms. The minimum absolute atomic E-state index is 0.0874. The first kappa shape index (κ1) is 15.3. The Kier molecular flexibility index (Phi) is 4.29. The van der Waals surface area contributed by atoms with Crippen molar-refractivity contribution in [2.75, 3.05) is 26.2 Å². The van der Waals surface area contributed by atoms with Crippen molar-refractivity contribution in [2.45, 2.75) is 71.6 Å². The van der Waals surface area contributed by atoms with Crippen molar-refractivity contribution in [3.63, 3.8) is 0 Å². The van der Waals surface area contributed by atoms with Gasteiger partial charge in [0.2, 0.25) is 0 Å². The van der Waals surface area contributed by atoms with E-state index in [-0.39, 0.29) is 17.1 Å². The summed E-state index contributed by atoms with van der Waals surface area (Å²) in [4.78, 5) is 5.09. The van der Waals surface area contributed by atoms with Crippen molar-refractivity contribution in [1.82, 2.24) is 9.80 Å². The fourth-order valence-electron chi connectivity index (χ4n) is 3.70. The molecule has 2 atom stereocenters. The maximum Gasteiger partial charge on any atom is 0.0746 e. The molecular formula is C16H32N2O. The van der Waals surface area contributed by atoms with Crippen molar-refractivity contribution in [3.05, 3.63) is 0 Å². The molecule has 1 saturated heterocycles. The maximum absolute atomic E-state index is 10.6. The second kappa shape index (κ2) is 5.34. The quantitative estimate of drug-likeness (QED) is 0.791. The largest absolute Gasteiger partial charge is 0.391 e. The number of aliphatic hydroxyl groups is 1. The summed E-state index contributed by atoms with van der Waals surface area (Å²) in [5.41, 5.74) is 0.362. The van der Waals surface area contributed by atoms with Gasteiger partial charge in [-0.05, 0) is 39.0 Å². The highest BCUT2D eigenvalue weighted by Crippen LogP contribution is 2.38. The van der Waals surface area contributed by atoms with Gasteiger partial charge >= 0.3 is 0 Å². The number of rotatable bonds is 1. The fraction of sp³-hybridized carbons (Fsp3) is 1.00. The van der Waals surface area contributed by atoms with E-state index >= 15 is 0 Å². The van der Waals surface area contributed by atoms with E-state index in [4.69, 9.17) is 0 Å². The van der Waals surface area contributed by atoms with Gasteiger partial charge in [0.1, 0.15) is 0 Å². The Morgan fingerprint density at radius 1 is 1.05 bits per heavy atom. The molecule has 1 N–H and O–H groups in total. The van der Waals surface area contributed by atoms with E-state index in [1.165, 1.54) is 12.8 Å². The van der Waals surface area contributed by atoms with Crippen LogP contribution in [0.5, 0.6) is 0 Å². The van der Waals surface area contributed by atoms with Crippen LogP contribution in [-0.2, 0) is 0 Å². The molecule has 112 valence electrons. The van der Waals surface area contributed by atoms with Crippen molar-refractivity contribution in [3.8, 4) is 0 Å². The molecule has 2 unspecified atom stereocenters. The number of piperazine rings is 1. The first-order valence-corrected chi connectivity index (χ1v) is 7.89. The Morgan fingerprint density at radius 2 is 1.63 bits per heavy atom. The van der Waals surface area contributed by atoms with Crippen LogP contribution in [0.4, 0.5) is 0 Å². The highest BCUT2D eigenvalue weighted by Gasteiger charge is 2.41. The Hall–Kier alpha value is -0.120. The van der Waals surface area contributed by atoms with Gasteiger partial charge in [-0.2, -0.15) is 0 Å². The van der Waals surface area contributed by atoms with Gasteiger partial charge in [0, 0.05) is 37.8 Å². The minimum Gasteiger partial charge on any atom is -0.391 e. The number of hydrogen-bond donors (Lipinski definition) is 1. The maximum atomic E-state index is 10.6. The van der Waals surface area contributed by atoms with Gasteiger partial charge in [-0.25, -0.2) is 0 Å². The molecule has 1 saturated carbocycles. The highest BCUT2D eigenvalue weighted by molar-refractivity contribution is 4.95. The molecule has 2 rings (SSSR count). The lowest BCUT2D eigenvalue weighted by Crippen LogP contribution is -2.60. The van der Waals surface area contributed by atoms with E-state index in [1.807, 2.05) is 0 Å².